The number of carbonyl (C=O) groups excluding carboxylic acids is 2. The fraction of sp³-hybridized carbons (Fsp3) is 0.300. The Labute approximate surface area is 145 Å². The molecule has 128 valence electrons. The van der Waals surface area contributed by atoms with Gasteiger partial charge in [0.15, 0.2) is 11.6 Å². The minimum Gasteiger partial charge on any atom is -0.507 e. The number of anilines is 1. The molecule has 0 radical (unpaired) electrons. The van der Waals surface area contributed by atoms with Crippen molar-refractivity contribution in [1.29, 1.82) is 0 Å². The lowest BCUT2D eigenvalue weighted by Crippen LogP contribution is -2.38. The van der Waals surface area contributed by atoms with Crippen molar-refractivity contribution in [3.8, 4) is 11.5 Å². The highest BCUT2D eigenvalue weighted by Crippen LogP contribution is 2.48. The Balaban J connectivity index is 2.07. The number of fused-ring (bicyclic) bond motifs is 3. The first kappa shape index (κ1) is 15.7. The van der Waals surface area contributed by atoms with Gasteiger partial charge < -0.3 is 15.6 Å². The molecule has 0 heterocycles. The summed E-state index contributed by atoms with van der Waals surface area (Å²) in [5.41, 5.74) is 7.83. The Morgan fingerprint density at radius 2 is 1.88 bits per heavy atom. The molecule has 0 fully saturated rings. The van der Waals surface area contributed by atoms with Crippen molar-refractivity contribution in [1.82, 2.24) is 0 Å². The minimum absolute atomic E-state index is 0.0687. The first-order valence-electron chi connectivity index (χ1n) is 8.30. The van der Waals surface area contributed by atoms with Gasteiger partial charge in [-0.25, -0.2) is 0 Å². The summed E-state index contributed by atoms with van der Waals surface area (Å²) in [7, 11) is 1.50. The van der Waals surface area contributed by atoms with E-state index in [4.69, 9.17) is 10.5 Å². The van der Waals surface area contributed by atoms with Gasteiger partial charge in [-0.2, -0.15) is 0 Å². The number of phenolic OH excluding ortho intramolecular Hbond substituents is 1. The molecule has 0 aliphatic heterocycles. The number of benzene rings is 2. The molecule has 2 aliphatic carbocycles. The van der Waals surface area contributed by atoms with Gasteiger partial charge in [-0.05, 0) is 25.8 Å². The van der Waals surface area contributed by atoms with E-state index < -0.39 is 11.8 Å². The SMILES string of the molecule is COc1cccc2c(O)c3c(c(N)c12)C(=O)[C@H]1CC=C(C)C[C@H]1C3=O. The van der Waals surface area contributed by atoms with Gasteiger partial charge >= 0.3 is 0 Å². The number of allylic oxidation sites excluding steroid dienone is 2. The highest BCUT2D eigenvalue weighted by Gasteiger charge is 2.45. The van der Waals surface area contributed by atoms with Crippen LogP contribution >= 0.6 is 0 Å². The second kappa shape index (κ2) is 5.34. The zero-order valence-corrected chi connectivity index (χ0v) is 14.1. The number of hydrogen-bond donors (Lipinski definition) is 2. The van der Waals surface area contributed by atoms with Crippen molar-refractivity contribution in [3.63, 3.8) is 0 Å². The summed E-state index contributed by atoms with van der Waals surface area (Å²) in [6.45, 7) is 1.96. The number of nitrogen functional groups attached to an aromatic ring is 1. The molecule has 0 bridgehead atoms. The predicted molar refractivity (Wildman–Crippen MR) is 95.2 cm³/mol. The van der Waals surface area contributed by atoms with Crippen molar-refractivity contribution in [2.24, 2.45) is 11.8 Å². The summed E-state index contributed by atoms with van der Waals surface area (Å²) >= 11 is 0. The summed E-state index contributed by atoms with van der Waals surface area (Å²) in [5, 5.41) is 11.7. The fourth-order valence-electron chi connectivity index (χ4n) is 4.19. The average molecular weight is 337 g/mol. The van der Waals surface area contributed by atoms with Crippen LogP contribution in [0.25, 0.3) is 10.8 Å². The van der Waals surface area contributed by atoms with Crippen molar-refractivity contribution in [2.45, 2.75) is 19.8 Å². The predicted octanol–water partition coefficient (Wildman–Crippen LogP) is 3.49. The average Bonchev–Trinajstić information content (AvgIpc) is 2.61. The number of aromatic hydroxyl groups is 1. The molecule has 0 saturated carbocycles. The minimum atomic E-state index is -0.418. The van der Waals surface area contributed by atoms with Crippen LogP contribution in [0.5, 0.6) is 11.5 Å². The smallest absolute Gasteiger partial charge is 0.171 e. The van der Waals surface area contributed by atoms with E-state index in [0.29, 0.717) is 29.4 Å². The summed E-state index contributed by atoms with van der Waals surface area (Å²) in [5.74, 6) is -0.891. The van der Waals surface area contributed by atoms with E-state index in [9.17, 15) is 14.7 Å². The zero-order chi connectivity index (χ0) is 17.9. The number of carbonyl (C=O) groups is 2. The third-order valence-corrected chi connectivity index (χ3v) is 5.44. The van der Waals surface area contributed by atoms with E-state index in [1.54, 1.807) is 18.2 Å². The topological polar surface area (TPSA) is 89.6 Å². The van der Waals surface area contributed by atoms with Gasteiger partial charge in [0.1, 0.15) is 11.5 Å². The molecule has 4 rings (SSSR count). The second-order valence-electron chi connectivity index (χ2n) is 6.83. The van der Waals surface area contributed by atoms with Crippen molar-refractivity contribution in [2.75, 3.05) is 12.8 Å². The van der Waals surface area contributed by atoms with Gasteiger partial charge in [0.2, 0.25) is 0 Å². The lowest BCUT2D eigenvalue weighted by atomic mass is 9.67. The highest BCUT2D eigenvalue weighted by molar-refractivity contribution is 6.25. The highest BCUT2D eigenvalue weighted by atomic mass is 16.5. The normalized spacial score (nSPS) is 22.4. The van der Waals surface area contributed by atoms with Gasteiger partial charge in [-0.15, -0.1) is 0 Å². The lowest BCUT2D eigenvalue weighted by Gasteiger charge is -2.34. The second-order valence-corrected chi connectivity index (χ2v) is 6.83. The summed E-state index contributed by atoms with van der Waals surface area (Å²) in [4.78, 5) is 26.2. The van der Waals surface area contributed by atoms with E-state index in [0.717, 1.165) is 5.57 Å². The maximum Gasteiger partial charge on any atom is 0.171 e. The van der Waals surface area contributed by atoms with E-state index in [-0.39, 0.29) is 34.1 Å². The Hall–Kier alpha value is -2.82. The lowest BCUT2D eigenvalue weighted by molar-refractivity contribution is 0.0724. The molecule has 0 saturated heterocycles. The van der Waals surface area contributed by atoms with Crippen LogP contribution in [-0.2, 0) is 0 Å². The zero-order valence-electron chi connectivity index (χ0n) is 14.1. The van der Waals surface area contributed by atoms with Crippen LogP contribution < -0.4 is 10.5 Å². The molecule has 2 aromatic carbocycles. The molecule has 0 aromatic heterocycles. The molecule has 0 amide bonds. The fourth-order valence-corrected chi connectivity index (χ4v) is 4.19. The number of Topliss-reactive ketones (excluding diaryl/α,β-unsaturated/α-hetero) is 2. The first-order valence-corrected chi connectivity index (χ1v) is 8.30. The largest absolute Gasteiger partial charge is 0.507 e. The quantitative estimate of drug-likeness (QED) is 0.472. The third kappa shape index (κ3) is 2.02. The molecule has 0 unspecified atom stereocenters. The standard InChI is InChI=1S/C20H19NO4/c1-9-6-7-10-12(8-9)20(24)16-15(18(10)22)17(21)14-11(19(16)23)4-3-5-13(14)25-2/h3-6,10,12,23H,7-8,21H2,1-2H3/t10-,12+/m0/s1. The van der Waals surface area contributed by atoms with Crippen LogP contribution in [0.3, 0.4) is 0 Å². The Morgan fingerprint density at radius 1 is 1.16 bits per heavy atom. The monoisotopic (exact) mass is 337 g/mol. The van der Waals surface area contributed by atoms with Crippen LogP contribution in [-0.4, -0.2) is 23.8 Å². The van der Waals surface area contributed by atoms with Crippen molar-refractivity contribution < 1.29 is 19.4 Å². The number of methoxy groups -OCH3 is 1. The molecule has 5 nitrogen and oxygen atoms in total. The van der Waals surface area contributed by atoms with Crippen LogP contribution in [0.2, 0.25) is 0 Å². The number of nitrogens with two attached hydrogens (primary N) is 1. The Morgan fingerprint density at radius 3 is 2.60 bits per heavy atom. The third-order valence-electron chi connectivity index (χ3n) is 5.44. The van der Waals surface area contributed by atoms with Gasteiger partial charge in [0, 0.05) is 17.2 Å². The molecule has 5 heteroatoms. The van der Waals surface area contributed by atoms with Crippen LogP contribution in [0, 0.1) is 11.8 Å². The molecule has 2 aromatic rings. The Kier molecular flexibility index (Phi) is 3.35. The summed E-state index contributed by atoms with van der Waals surface area (Å²) in [6, 6.07) is 5.12. The van der Waals surface area contributed by atoms with Gasteiger partial charge in [-0.3, -0.25) is 9.59 Å². The molecule has 2 aliphatic rings. The molecule has 25 heavy (non-hydrogen) atoms. The number of rotatable bonds is 1. The van der Waals surface area contributed by atoms with E-state index in [2.05, 4.69) is 0 Å². The molecule has 0 spiro atoms. The maximum atomic E-state index is 13.1. The summed E-state index contributed by atoms with van der Waals surface area (Å²) in [6.07, 6.45) is 3.09. The summed E-state index contributed by atoms with van der Waals surface area (Å²) < 4.78 is 5.34. The van der Waals surface area contributed by atoms with Crippen LogP contribution in [0.4, 0.5) is 5.69 Å². The van der Waals surface area contributed by atoms with Crippen LogP contribution in [0.1, 0.15) is 40.5 Å². The number of ketones is 2. The van der Waals surface area contributed by atoms with E-state index in [1.807, 2.05) is 13.0 Å². The molecule has 3 N–H and O–H groups in total. The Bertz CT molecular complexity index is 974. The number of hydrogen-bond acceptors (Lipinski definition) is 5. The molecular weight excluding hydrogens is 318 g/mol. The number of ether oxygens (including phenoxy) is 1. The maximum absolute atomic E-state index is 13.1. The van der Waals surface area contributed by atoms with Crippen molar-refractivity contribution >= 4 is 28.0 Å². The van der Waals surface area contributed by atoms with Gasteiger partial charge in [0.25, 0.3) is 0 Å². The van der Waals surface area contributed by atoms with Crippen LogP contribution in [0.15, 0.2) is 29.8 Å². The van der Waals surface area contributed by atoms with Crippen molar-refractivity contribution in [3.05, 3.63) is 41.0 Å². The van der Waals surface area contributed by atoms with Gasteiger partial charge in [0.05, 0.1) is 29.3 Å². The first-order chi connectivity index (χ1) is 12.0. The molecular formula is C20H19NO4. The van der Waals surface area contributed by atoms with Gasteiger partial charge in [-0.1, -0.05) is 23.8 Å². The number of phenols is 1. The van der Waals surface area contributed by atoms with E-state index >= 15 is 0 Å². The molecule has 2 atom stereocenters. The van der Waals surface area contributed by atoms with E-state index in [1.165, 1.54) is 7.11 Å².